The highest BCUT2D eigenvalue weighted by molar-refractivity contribution is 6.03. The molecule has 2 N–H and O–H groups in total. The van der Waals surface area contributed by atoms with E-state index in [-0.39, 0.29) is 17.7 Å². The Hall–Kier alpha value is -3.67. The van der Waals surface area contributed by atoms with Gasteiger partial charge in [0.25, 0.3) is 5.91 Å². The molecule has 0 spiro atoms. The number of halogens is 5. The van der Waals surface area contributed by atoms with Crippen LogP contribution in [0.1, 0.15) is 28.9 Å². The highest BCUT2D eigenvalue weighted by Crippen LogP contribution is 2.38. The minimum atomic E-state index is -4.96. The van der Waals surface area contributed by atoms with Crippen LogP contribution in [-0.4, -0.2) is 40.1 Å². The molecule has 12 heteroatoms. The van der Waals surface area contributed by atoms with Crippen LogP contribution in [0.4, 0.5) is 27.6 Å². The molecule has 0 aliphatic carbocycles. The molecule has 1 fully saturated rings. The molecule has 178 valence electrons. The van der Waals surface area contributed by atoms with Crippen molar-refractivity contribution >= 4 is 11.6 Å². The summed E-state index contributed by atoms with van der Waals surface area (Å²) < 4.78 is 75.0. The van der Waals surface area contributed by atoms with Gasteiger partial charge in [0.05, 0.1) is 23.0 Å². The van der Waals surface area contributed by atoms with Gasteiger partial charge in [0.2, 0.25) is 5.88 Å². The molecule has 0 saturated carbocycles. The number of nitrogens with one attached hydrogen (secondary N) is 2. The fourth-order valence-electron chi connectivity index (χ4n) is 3.48. The largest absolute Gasteiger partial charge is 0.473 e. The van der Waals surface area contributed by atoms with Gasteiger partial charge in [-0.3, -0.25) is 4.79 Å². The zero-order valence-electron chi connectivity index (χ0n) is 17.5. The van der Waals surface area contributed by atoms with E-state index in [9.17, 15) is 26.7 Å². The lowest BCUT2D eigenvalue weighted by Gasteiger charge is -2.24. The molecule has 1 saturated heterocycles. The number of hydrogen-bond donors (Lipinski definition) is 2. The first-order valence-corrected chi connectivity index (χ1v) is 10.3. The van der Waals surface area contributed by atoms with Gasteiger partial charge < -0.3 is 15.4 Å². The molecule has 1 aliphatic heterocycles. The number of alkyl halides is 3. The lowest BCUT2D eigenvalue weighted by atomic mass is 10.0. The van der Waals surface area contributed by atoms with Gasteiger partial charge in [-0.15, -0.1) is 0 Å². The summed E-state index contributed by atoms with van der Waals surface area (Å²) in [5.41, 5.74) is -3.83. The summed E-state index contributed by atoms with van der Waals surface area (Å²) in [4.78, 5) is 24.3. The van der Waals surface area contributed by atoms with Gasteiger partial charge in [-0.25, -0.2) is 18.7 Å². The quantitative estimate of drug-likeness (QED) is 0.533. The molecule has 3 heterocycles. The number of aromatic nitrogens is 3. The molecule has 1 aromatic carbocycles. The number of piperidine rings is 1. The van der Waals surface area contributed by atoms with Crippen LogP contribution in [-0.2, 0) is 6.18 Å². The molecule has 4 rings (SSSR count). The Bertz CT molecular complexity index is 1180. The van der Waals surface area contributed by atoms with E-state index in [0.29, 0.717) is 6.07 Å². The summed E-state index contributed by atoms with van der Waals surface area (Å²) in [6.45, 7) is 1.50. The molecule has 7 nitrogen and oxygen atoms in total. The standard InChI is InChI=1S/C22H18F5N5O2/c23-14-2-1-3-15(24)18(14)19-13(22(25,26)27)4-5-16(31-19)20(33)32-17-10-29-11-30-21(17)34-12-6-8-28-9-7-12/h1-5,10-12,28H,6-9H2,(H,32,33). The molecule has 0 bridgehead atoms. The van der Waals surface area contributed by atoms with E-state index in [4.69, 9.17) is 4.74 Å². The summed E-state index contributed by atoms with van der Waals surface area (Å²) in [5, 5.41) is 5.63. The molecule has 0 radical (unpaired) electrons. The third kappa shape index (κ3) is 5.11. The number of pyridine rings is 1. The van der Waals surface area contributed by atoms with E-state index in [0.717, 1.165) is 50.2 Å². The number of carbonyl (C=O) groups is 1. The van der Waals surface area contributed by atoms with Gasteiger partial charge in [0.1, 0.15) is 35.4 Å². The minimum absolute atomic E-state index is 0.0753. The maximum atomic E-state index is 14.3. The van der Waals surface area contributed by atoms with Crippen molar-refractivity contribution in [1.29, 1.82) is 0 Å². The predicted octanol–water partition coefficient (Wildman–Crippen LogP) is 4.22. The first kappa shape index (κ1) is 23.5. The second kappa shape index (κ2) is 9.67. The van der Waals surface area contributed by atoms with Gasteiger partial charge in [-0.1, -0.05) is 6.07 Å². The van der Waals surface area contributed by atoms with Crippen molar-refractivity contribution in [3.8, 4) is 17.1 Å². The number of amides is 1. The predicted molar refractivity (Wildman–Crippen MR) is 111 cm³/mol. The number of carbonyl (C=O) groups excluding carboxylic acids is 1. The van der Waals surface area contributed by atoms with Gasteiger partial charge in [0, 0.05) is 0 Å². The minimum Gasteiger partial charge on any atom is -0.473 e. The van der Waals surface area contributed by atoms with Crippen molar-refractivity contribution in [2.24, 2.45) is 0 Å². The number of nitrogens with zero attached hydrogens (tertiary/aromatic N) is 3. The lowest BCUT2D eigenvalue weighted by molar-refractivity contribution is -0.137. The molecule has 1 aliphatic rings. The van der Waals surface area contributed by atoms with E-state index < -0.39 is 46.2 Å². The number of hydrogen-bond acceptors (Lipinski definition) is 6. The van der Waals surface area contributed by atoms with E-state index in [1.807, 2.05) is 0 Å². The summed E-state index contributed by atoms with van der Waals surface area (Å²) in [6.07, 6.45) is -1.18. The van der Waals surface area contributed by atoms with Crippen LogP contribution in [0.2, 0.25) is 0 Å². The van der Waals surface area contributed by atoms with Crippen LogP contribution in [0.15, 0.2) is 42.9 Å². The third-order valence-electron chi connectivity index (χ3n) is 5.12. The topological polar surface area (TPSA) is 89.0 Å². The van der Waals surface area contributed by atoms with E-state index in [1.165, 1.54) is 12.5 Å². The Kier molecular flexibility index (Phi) is 6.68. The van der Waals surface area contributed by atoms with Crippen LogP contribution < -0.4 is 15.4 Å². The SMILES string of the molecule is O=C(Nc1cncnc1OC1CCNCC1)c1ccc(C(F)(F)F)c(-c2c(F)cccc2F)n1. The van der Waals surface area contributed by atoms with E-state index >= 15 is 0 Å². The maximum Gasteiger partial charge on any atom is 0.418 e. The Balaban J connectivity index is 1.66. The van der Waals surface area contributed by atoms with Crippen LogP contribution in [0.3, 0.4) is 0 Å². The van der Waals surface area contributed by atoms with Crippen LogP contribution in [0.5, 0.6) is 5.88 Å². The Labute approximate surface area is 190 Å². The fourth-order valence-corrected chi connectivity index (χ4v) is 3.48. The molecule has 2 aromatic heterocycles. The van der Waals surface area contributed by atoms with Crippen LogP contribution in [0, 0.1) is 11.6 Å². The smallest absolute Gasteiger partial charge is 0.418 e. The third-order valence-corrected chi connectivity index (χ3v) is 5.12. The fraction of sp³-hybridized carbons (Fsp3) is 0.273. The Morgan fingerprint density at radius 3 is 2.47 bits per heavy atom. The number of ether oxygens (including phenoxy) is 1. The van der Waals surface area contributed by atoms with Gasteiger partial charge in [0.15, 0.2) is 0 Å². The van der Waals surface area contributed by atoms with Crippen molar-refractivity contribution in [2.45, 2.75) is 25.1 Å². The highest BCUT2D eigenvalue weighted by atomic mass is 19.4. The molecule has 3 aromatic rings. The van der Waals surface area contributed by atoms with Crippen molar-refractivity contribution in [3.05, 3.63) is 65.7 Å². The molecule has 0 atom stereocenters. The Morgan fingerprint density at radius 2 is 1.79 bits per heavy atom. The first-order chi connectivity index (χ1) is 16.2. The maximum absolute atomic E-state index is 14.3. The average Bonchev–Trinajstić information content (AvgIpc) is 2.80. The molecule has 34 heavy (non-hydrogen) atoms. The van der Waals surface area contributed by atoms with Gasteiger partial charge >= 0.3 is 6.18 Å². The van der Waals surface area contributed by atoms with Gasteiger partial charge in [-0.05, 0) is 50.2 Å². The van der Waals surface area contributed by atoms with E-state index in [1.54, 1.807) is 0 Å². The molecule has 1 amide bonds. The zero-order chi connectivity index (χ0) is 24.3. The highest BCUT2D eigenvalue weighted by Gasteiger charge is 2.36. The summed E-state index contributed by atoms with van der Waals surface area (Å²) in [7, 11) is 0. The molecular weight excluding hydrogens is 461 g/mol. The summed E-state index contributed by atoms with van der Waals surface area (Å²) in [5.74, 6) is -3.34. The van der Waals surface area contributed by atoms with Crippen LogP contribution in [0.25, 0.3) is 11.3 Å². The van der Waals surface area contributed by atoms with E-state index in [2.05, 4.69) is 25.6 Å². The molecule has 0 unspecified atom stereocenters. The van der Waals surface area contributed by atoms with Gasteiger partial charge in [-0.2, -0.15) is 18.2 Å². The second-order valence-electron chi connectivity index (χ2n) is 7.45. The number of rotatable bonds is 5. The zero-order valence-corrected chi connectivity index (χ0v) is 17.5. The average molecular weight is 479 g/mol. The second-order valence-corrected chi connectivity index (χ2v) is 7.45. The van der Waals surface area contributed by atoms with Crippen molar-refractivity contribution in [3.63, 3.8) is 0 Å². The van der Waals surface area contributed by atoms with Crippen molar-refractivity contribution < 1.29 is 31.5 Å². The number of benzene rings is 1. The lowest BCUT2D eigenvalue weighted by Crippen LogP contribution is -2.34. The Morgan fingerprint density at radius 1 is 1.09 bits per heavy atom. The first-order valence-electron chi connectivity index (χ1n) is 10.3. The normalized spacial score (nSPS) is 14.6. The number of anilines is 1. The van der Waals surface area contributed by atoms with Crippen LogP contribution >= 0.6 is 0 Å². The van der Waals surface area contributed by atoms with Crippen molar-refractivity contribution in [1.82, 2.24) is 20.3 Å². The summed E-state index contributed by atoms with van der Waals surface area (Å²) in [6, 6.07) is 3.99. The van der Waals surface area contributed by atoms with Crippen molar-refractivity contribution in [2.75, 3.05) is 18.4 Å². The molecular formula is C22H18F5N5O2. The summed E-state index contributed by atoms with van der Waals surface area (Å²) >= 11 is 0. The monoisotopic (exact) mass is 479 g/mol.